The Bertz CT molecular complexity index is 398. The minimum Gasteiger partial charge on any atom is -0.327 e. The molecule has 2 heteroatoms. The Kier molecular flexibility index (Phi) is 3.85. The molecule has 0 bridgehead atoms. The summed E-state index contributed by atoms with van der Waals surface area (Å²) in [5.74, 6) is 0. The molecule has 2 nitrogen and oxygen atoms in total. The molecule has 2 N–H and O–H groups in total. The zero-order valence-electron chi connectivity index (χ0n) is 11.3. The van der Waals surface area contributed by atoms with E-state index in [4.69, 9.17) is 5.73 Å². The molecular weight excluding hydrogens is 208 g/mol. The van der Waals surface area contributed by atoms with Gasteiger partial charge in [0, 0.05) is 19.1 Å². The highest BCUT2D eigenvalue weighted by Crippen LogP contribution is 2.19. The van der Waals surface area contributed by atoms with E-state index in [-0.39, 0.29) is 0 Å². The highest BCUT2D eigenvalue weighted by Gasteiger charge is 2.17. The third-order valence-electron chi connectivity index (χ3n) is 3.89. The molecule has 0 spiro atoms. The number of nitrogens with zero attached hydrogens (tertiary/aromatic N) is 1. The molecule has 1 aromatic carbocycles. The fourth-order valence-corrected chi connectivity index (χ4v) is 2.67. The Morgan fingerprint density at radius 3 is 2.59 bits per heavy atom. The van der Waals surface area contributed by atoms with E-state index >= 15 is 0 Å². The number of hydrogen-bond donors (Lipinski definition) is 1. The van der Waals surface area contributed by atoms with Crippen molar-refractivity contribution in [3.8, 4) is 0 Å². The zero-order valence-corrected chi connectivity index (χ0v) is 11.3. The third-order valence-corrected chi connectivity index (χ3v) is 3.89. The standard InChI is InChI=1S/C15H24N2/c1-11-7-13(3)14(8-12(11)2)9-17-6-4-5-15(16)10-17/h7-8,15H,4-6,9-10,16H2,1-3H3. The Hall–Kier alpha value is -0.860. The van der Waals surface area contributed by atoms with Crippen LogP contribution in [0, 0.1) is 20.8 Å². The molecule has 1 aliphatic rings. The summed E-state index contributed by atoms with van der Waals surface area (Å²) in [5, 5.41) is 0. The second-order valence-electron chi connectivity index (χ2n) is 5.50. The van der Waals surface area contributed by atoms with Crippen molar-refractivity contribution in [1.29, 1.82) is 0 Å². The van der Waals surface area contributed by atoms with Gasteiger partial charge in [-0.2, -0.15) is 0 Å². The second-order valence-corrected chi connectivity index (χ2v) is 5.50. The van der Waals surface area contributed by atoms with Crippen LogP contribution in [-0.4, -0.2) is 24.0 Å². The molecule has 1 saturated heterocycles. The van der Waals surface area contributed by atoms with Crippen LogP contribution in [0.25, 0.3) is 0 Å². The van der Waals surface area contributed by atoms with Crippen molar-refractivity contribution in [2.24, 2.45) is 5.73 Å². The number of benzene rings is 1. The molecule has 0 saturated carbocycles. The van der Waals surface area contributed by atoms with Gasteiger partial charge in [-0.1, -0.05) is 12.1 Å². The van der Waals surface area contributed by atoms with Gasteiger partial charge in [-0.15, -0.1) is 0 Å². The average Bonchev–Trinajstić information content (AvgIpc) is 2.26. The smallest absolute Gasteiger partial charge is 0.0237 e. The van der Waals surface area contributed by atoms with Crippen molar-refractivity contribution in [2.45, 2.75) is 46.2 Å². The van der Waals surface area contributed by atoms with Gasteiger partial charge < -0.3 is 5.73 Å². The van der Waals surface area contributed by atoms with Crippen LogP contribution >= 0.6 is 0 Å². The van der Waals surface area contributed by atoms with E-state index in [2.05, 4.69) is 37.8 Å². The molecule has 1 aromatic rings. The Balaban J connectivity index is 2.10. The van der Waals surface area contributed by atoms with Crippen molar-refractivity contribution >= 4 is 0 Å². The summed E-state index contributed by atoms with van der Waals surface area (Å²) in [4.78, 5) is 2.49. The van der Waals surface area contributed by atoms with Crippen LogP contribution in [0.3, 0.4) is 0 Å². The van der Waals surface area contributed by atoms with Gasteiger partial charge >= 0.3 is 0 Å². The minimum atomic E-state index is 0.371. The number of likely N-dealkylation sites (tertiary alicyclic amines) is 1. The molecular formula is C15H24N2. The summed E-state index contributed by atoms with van der Waals surface area (Å²) in [5.41, 5.74) is 11.7. The van der Waals surface area contributed by atoms with Crippen molar-refractivity contribution in [3.63, 3.8) is 0 Å². The van der Waals surface area contributed by atoms with Gasteiger partial charge in [-0.3, -0.25) is 4.90 Å². The molecule has 1 unspecified atom stereocenters. The molecule has 94 valence electrons. The van der Waals surface area contributed by atoms with Crippen LogP contribution in [-0.2, 0) is 6.54 Å². The largest absolute Gasteiger partial charge is 0.327 e. The molecule has 2 rings (SSSR count). The fraction of sp³-hybridized carbons (Fsp3) is 0.600. The van der Waals surface area contributed by atoms with Gasteiger partial charge in [0.1, 0.15) is 0 Å². The van der Waals surface area contributed by atoms with E-state index < -0.39 is 0 Å². The molecule has 17 heavy (non-hydrogen) atoms. The van der Waals surface area contributed by atoms with Crippen LogP contribution in [0.5, 0.6) is 0 Å². The summed E-state index contributed by atoms with van der Waals surface area (Å²) >= 11 is 0. The predicted molar refractivity (Wildman–Crippen MR) is 73.1 cm³/mol. The molecule has 0 aromatic heterocycles. The number of aryl methyl sites for hydroxylation is 3. The lowest BCUT2D eigenvalue weighted by molar-refractivity contribution is 0.201. The highest BCUT2D eigenvalue weighted by molar-refractivity contribution is 5.36. The maximum Gasteiger partial charge on any atom is 0.0237 e. The number of hydrogen-bond acceptors (Lipinski definition) is 2. The Morgan fingerprint density at radius 2 is 1.88 bits per heavy atom. The predicted octanol–water partition coefficient (Wildman–Crippen LogP) is 2.53. The molecule has 0 aliphatic carbocycles. The monoisotopic (exact) mass is 232 g/mol. The molecule has 1 fully saturated rings. The maximum absolute atomic E-state index is 6.03. The van der Waals surface area contributed by atoms with Gasteiger partial charge in [0.15, 0.2) is 0 Å². The maximum atomic E-state index is 6.03. The minimum absolute atomic E-state index is 0.371. The van der Waals surface area contributed by atoms with Crippen molar-refractivity contribution in [3.05, 3.63) is 34.4 Å². The second kappa shape index (κ2) is 5.19. The first kappa shape index (κ1) is 12.6. The summed E-state index contributed by atoms with van der Waals surface area (Å²) in [6, 6.07) is 5.01. The van der Waals surface area contributed by atoms with Crippen LogP contribution in [0.4, 0.5) is 0 Å². The molecule has 0 radical (unpaired) electrons. The Morgan fingerprint density at radius 1 is 1.18 bits per heavy atom. The highest BCUT2D eigenvalue weighted by atomic mass is 15.1. The lowest BCUT2D eigenvalue weighted by Gasteiger charge is -2.31. The lowest BCUT2D eigenvalue weighted by atomic mass is 9.99. The van der Waals surface area contributed by atoms with Gasteiger partial charge in [0.25, 0.3) is 0 Å². The number of rotatable bonds is 2. The zero-order chi connectivity index (χ0) is 12.4. The Labute approximate surface area is 105 Å². The lowest BCUT2D eigenvalue weighted by Crippen LogP contribution is -2.42. The fourth-order valence-electron chi connectivity index (χ4n) is 2.67. The van der Waals surface area contributed by atoms with Crippen molar-refractivity contribution < 1.29 is 0 Å². The van der Waals surface area contributed by atoms with Crippen molar-refractivity contribution in [1.82, 2.24) is 4.90 Å². The van der Waals surface area contributed by atoms with Gasteiger partial charge in [0.05, 0.1) is 0 Å². The normalized spacial score (nSPS) is 21.8. The molecule has 1 aliphatic heterocycles. The SMILES string of the molecule is Cc1cc(C)c(CN2CCCC(N)C2)cc1C. The number of piperidine rings is 1. The van der Waals surface area contributed by atoms with E-state index in [0.29, 0.717) is 6.04 Å². The van der Waals surface area contributed by atoms with Crippen LogP contribution < -0.4 is 5.73 Å². The first-order valence-electron chi connectivity index (χ1n) is 6.61. The average molecular weight is 232 g/mol. The molecule has 0 amide bonds. The first-order chi connectivity index (χ1) is 8.06. The van der Waals surface area contributed by atoms with Crippen molar-refractivity contribution in [2.75, 3.05) is 13.1 Å². The topological polar surface area (TPSA) is 29.3 Å². The van der Waals surface area contributed by atoms with Gasteiger partial charge in [0.2, 0.25) is 0 Å². The van der Waals surface area contributed by atoms with E-state index in [1.807, 2.05) is 0 Å². The van der Waals surface area contributed by atoms with Gasteiger partial charge in [-0.25, -0.2) is 0 Å². The van der Waals surface area contributed by atoms with Gasteiger partial charge in [-0.05, 0) is 62.4 Å². The number of nitrogens with two attached hydrogens (primary N) is 1. The van der Waals surface area contributed by atoms with Crippen LogP contribution in [0.1, 0.15) is 35.1 Å². The van der Waals surface area contributed by atoms with E-state index in [1.54, 1.807) is 0 Å². The van der Waals surface area contributed by atoms with E-state index in [0.717, 1.165) is 13.1 Å². The first-order valence-corrected chi connectivity index (χ1v) is 6.61. The third kappa shape index (κ3) is 3.08. The van der Waals surface area contributed by atoms with Crippen LogP contribution in [0.2, 0.25) is 0 Å². The summed E-state index contributed by atoms with van der Waals surface area (Å²) in [7, 11) is 0. The summed E-state index contributed by atoms with van der Waals surface area (Å²) in [6.07, 6.45) is 2.42. The summed E-state index contributed by atoms with van der Waals surface area (Å²) < 4.78 is 0. The molecule has 1 heterocycles. The molecule has 1 atom stereocenters. The van der Waals surface area contributed by atoms with E-state index in [9.17, 15) is 0 Å². The van der Waals surface area contributed by atoms with Crippen LogP contribution in [0.15, 0.2) is 12.1 Å². The quantitative estimate of drug-likeness (QED) is 0.849. The van der Waals surface area contributed by atoms with E-state index in [1.165, 1.54) is 41.6 Å². The summed E-state index contributed by atoms with van der Waals surface area (Å²) in [6.45, 7) is 9.89.